The Morgan fingerprint density at radius 2 is 1.88 bits per heavy atom. The number of nitrogens with two attached hydrogens (primary N) is 1. The van der Waals surface area contributed by atoms with Crippen LogP contribution < -0.4 is 5.73 Å². The molecule has 0 bridgehead atoms. The van der Waals surface area contributed by atoms with Gasteiger partial charge in [0.1, 0.15) is 0 Å². The van der Waals surface area contributed by atoms with Crippen molar-refractivity contribution in [1.29, 1.82) is 0 Å². The van der Waals surface area contributed by atoms with Crippen molar-refractivity contribution in [1.82, 2.24) is 0 Å². The Morgan fingerprint density at radius 3 is 2.47 bits per heavy atom. The predicted octanol–water partition coefficient (Wildman–Crippen LogP) is 3.24. The molecular formula is C15H25NO. The molecule has 2 N–H and O–H groups in total. The standard InChI is InChI=1S/C15H25NO/c1-3-4-10-17-11-9-15(12-16)14-7-5-13(2)6-8-14/h5-8,15H,3-4,9-12,16H2,1-2H3. The Morgan fingerprint density at radius 1 is 1.18 bits per heavy atom. The fourth-order valence-electron chi connectivity index (χ4n) is 1.83. The van der Waals surface area contributed by atoms with E-state index in [-0.39, 0.29) is 0 Å². The van der Waals surface area contributed by atoms with Gasteiger partial charge in [-0.15, -0.1) is 0 Å². The van der Waals surface area contributed by atoms with Crippen molar-refractivity contribution in [3.63, 3.8) is 0 Å². The summed E-state index contributed by atoms with van der Waals surface area (Å²) in [6, 6.07) is 8.66. The summed E-state index contributed by atoms with van der Waals surface area (Å²) in [6.07, 6.45) is 3.36. The van der Waals surface area contributed by atoms with E-state index in [0.717, 1.165) is 26.1 Å². The zero-order chi connectivity index (χ0) is 12.5. The molecule has 0 saturated carbocycles. The zero-order valence-corrected chi connectivity index (χ0v) is 11.1. The Hall–Kier alpha value is -0.860. The van der Waals surface area contributed by atoms with Crippen LogP contribution in [0.15, 0.2) is 24.3 Å². The number of hydrogen-bond acceptors (Lipinski definition) is 2. The van der Waals surface area contributed by atoms with E-state index in [0.29, 0.717) is 12.5 Å². The average Bonchev–Trinajstić information content (AvgIpc) is 2.35. The quantitative estimate of drug-likeness (QED) is 0.702. The Bertz CT molecular complexity index is 294. The molecule has 1 aromatic carbocycles. The first-order chi connectivity index (χ1) is 8.27. The minimum Gasteiger partial charge on any atom is -0.381 e. The highest BCUT2D eigenvalue weighted by Crippen LogP contribution is 2.19. The maximum Gasteiger partial charge on any atom is 0.0472 e. The largest absolute Gasteiger partial charge is 0.381 e. The smallest absolute Gasteiger partial charge is 0.0472 e. The van der Waals surface area contributed by atoms with E-state index in [4.69, 9.17) is 10.5 Å². The van der Waals surface area contributed by atoms with Gasteiger partial charge in [-0.1, -0.05) is 43.2 Å². The van der Waals surface area contributed by atoms with Crippen LogP contribution in [0, 0.1) is 6.92 Å². The molecule has 1 unspecified atom stereocenters. The van der Waals surface area contributed by atoms with Crippen LogP contribution in [-0.2, 0) is 4.74 Å². The lowest BCUT2D eigenvalue weighted by Crippen LogP contribution is -2.15. The molecule has 1 rings (SSSR count). The van der Waals surface area contributed by atoms with Crippen LogP contribution >= 0.6 is 0 Å². The lowest BCUT2D eigenvalue weighted by atomic mass is 9.95. The van der Waals surface area contributed by atoms with Crippen LogP contribution in [0.5, 0.6) is 0 Å². The third-order valence-electron chi connectivity index (χ3n) is 3.09. The molecule has 0 aromatic heterocycles. The summed E-state index contributed by atoms with van der Waals surface area (Å²) < 4.78 is 5.60. The van der Waals surface area contributed by atoms with Crippen LogP contribution in [-0.4, -0.2) is 19.8 Å². The highest BCUT2D eigenvalue weighted by molar-refractivity contribution is 5.24. The zero-order valence-electron chi connectivity index (χ0n) is 11.1. The first-order valence-electron chi connectivity index (χ1n) is 6.62. The molecule has 17 heavy (non-hydrogen) atoms. The SMILES string of the molecule is CCCCOCCC(CN)c1ccc(C)cc1. The molecule has 1 atom stereocenters. The molecule has 1 aromatic rings. The molecule has 0 aliphatic rings. The summed E-state index contributed by atoms with van der Waals surface area (Å²) in [5, 5.41) is 0. The van der Waals surface area contributed by atoms with E-state index in [1.54, 1.807) is 0 Å². The van der Waals surface area contributed by atoms with Gasteiger partial charge in [0.05, 0.1) is 0 Å². The number of hydrogen-bond donors (Lipinski definition) is 1. The third kappa shape index (κ3) is 5.33. The Kier molecular flexibility index (Phi) is 6.90. The number of benzene rings is 1. The van der Waals surface area contributed by atoms with Crippen molar-refractivity contribution in [2.75, 3.05) is 19.8 Å². The monoisotopic (exact) mass is 235 g/mol. The number of rotatable bonds is 8. The molecule has 0 saturated heterocycles. The first-order valence-corrected chi connectivity index (χ1v) is 6.62. The fraction of sp³-hybridized carbons (Fsp3) is 0.600. The molecule has 96 valence electrons. The topological polar surface area (TPSA) is 35.2 Å². The Balaban J connectivity index is 2.35. The highest BCUT2D eigenvalue weighted by atomic mass is 16.5. The van der Waals surface area contributed by atoms with E-state index in [2.05, 4.69) is 38.1 Å². The van der Waals surface area contributed by atoms with Gasteiger partial charge in [-0.25, -0.2) is 0 Å². The van der Waals surface area contributed by atoms with Crippen molar-refractivity contribution >= 4 is 0 Å². The molecule has 2 nitrogen and oxygen atoms in total. The van der Waals surface area contributed by atoms with Crippen molar-refractivity contribution in [3.8, 4) is 0 Å². The molecule has 0 heterocycles. The maximum atomic E-state index is 5.83. The van der Waals surface area contributed by atoms with Gasteiger partial charge in [0.25, 0.3) is 0 Å². The maximum absolute atomic E-state index is 5.83. The summed E-state index contributed by atoms with van der Waals surface area (Å²) in [7, 11) is 0. The molecule has 0 radical (unpaired) electrons. The van der Waals surface area contributed by atoms with Crippen molar-refractivity contribution in [2.45, 2.75) is 39.0 Å². The summed E-state index contributed by atoms with van der Waals surface area (Å²) in [4.78, 5) is 0. The predicted molar refractivity (Wildman–Crippen MR) is 73.3 cm³/mol. The van der Waals surface area contributed by atoms with Crippen LogP contribution in [0.1, 0.15) is 43.2 Å². The van der Waals surface area contributed by atoms with Crippen LogP contribution in [0.2, 0.25) is 0 Å². The van der Waals surface area contributed by atoms with Gasteiger partial charge >= 0.3 is 0 Å². The highest BCUT2D eigenvalue weighted by Gasteiger charge is 2.08. The van der Waals surface area contributed by atoms with Crippen molar-refractivity contribution < 1.29 is 4.74 Å². The normalized spacial score (nSPS) is 12.6. The van der Waals surface area contributed by atoms with Crippen molar-refractivity contribution in [2.24, 2.45) is 5.73 Å². The summed E-state index contributed by atoms with van der Waals surface area (Å²) in [6.45, 7) is 6.67. The molecular weight excluding hydrogens is 210 g/mol. The van der Waals surface area contributed by atoms with Crippen molar-refractivity contribution in [3.05, 3.63) is 35.4 Å². The molecule has 0 aliphatic heterocycles. The molecule has 0 spiro atoms. The second-order valence-electron chi connectivity index (χ2n) is 4.60. The molecule has 0 amide bonds. The van der Waals surface area contributed by atoms with Gasteiger partial charge in [-0.2, -0.15) is 0 Å². The fourth-order valence-corrected chi connectivity index (χ4v) is 1.83. The Labute approximate surface area is 105 Å². The lowest BCUT2D eigenvalue weighted by molar-refractivity contribution is 0.124. The summed E-state index contributed by atoms with van der Waals surface area (Å²) in [5.41, 5.74) is 8.45. The van der Waals surface area contributed by atoms with Gasteiger partial charge in [0.2, 0.25) is 0 Å². The first kappa shape index (κ1) is 14.2. The minimum absolute atomic E-state index is 0.428. The number of unbranched alkanes of at least 4 members (excludes halogenated alkanes) is 1. The minimum atomic E-state index is 0.428. The van der Waals surface area contributed by atoms with E-state index in [1.807, 2.05) is 0 Å². The molecule has 0 aliphatic carbocycles. The second-order valence-corrected chi connectivity index (χ2v) is 4.60. The van der Waals surface area contributed by atoms with Crippen LogP contribution in [0.4, 0.5) is 0 Å². The second kappa shape index (κ2) is 8.26. The van der Waals surface area contributed by atoms with Crippen LogP contribution in [0.3, 0.4) is 0 Å². The van der Waals surface area contributed by atoms with Gasteiger partial charge < -0.3 is 10.5 Å². The average molecular weight is 235 g/mol. The van der Waals surface area contributed by atoms with E-state index < -0.39 is 0 Å². The van der Waals surface area contributed by atoms with E-state index in [9.17, 15) is 0 Å². The number of aryl methyl sites for hydroxylation is 1. The lowest BCUT2D eigenvalue weighted by Gasteiger charge is -2.15. The summed E-state index contributed by atoms with van der Waals surface area (Å²) >= 11 is 0. The third-order valence-corrected chi connectivity index (χ3v) is 3.09. The van der Waals surface area contributed by atoms with Crippen LogP contribution in [0.25, 0.3) is 0 Å². The summed E-state index contributed by atoms with van der Waals surface area (Å²) in [5.74, 6) is 0.428. The van der Waals surface area contributed by atoms with Gasteiger partial charge in [0.15, 0.2) is 0 Å². The van der Waals surface area contributed by atoms with Gasteiger partial charge in [-0.05, 0) is 37.8 Å². The van der Waals surface area contributed by atoms with E-state index in [1.165, 1.54) is 17.5 Å². The molecule has 2 heteroatoms. The van der Waals surface area contributed by atoms with Gasteiger partial charge in [0, 0.05) is 13.2 Å². The molecule has 0 fully saturated rings. The van der Waals surface area contributed by atoms with E-state index >= 15 is 0 Å². The van der Waals surface area contributed by atoms with Gasteiger partial charge in [-0.3, -0.25) is 0 Å². The number of ether oxygens (including phenoxy) is 1.